The molecule has 0 fully saturated rings. The maximum atomic E-state index is 5.82. The molecular weight excluding hydrogens is 316 g/mol. The topological polar surface area (TPSA) is 34.1 Å². The predicted octanol–water partition coefficient (Wildman–Crippen LogP) is 3.92. The van der Waals surface area contributed by atoms with E-state index in [2.05, 4.69) is 46.1 Å². The van der Waals surface area contributed by atoms with Crippen molar-refractivity contribution in [2.75, 3.05) is 0 Å². The number of nitrogens with one attached hydrogen (secondary N) is 1. The van der Waals surface area contributed by atoms with Gasteiger partial charge in [-0.25, -0.2) is 0 Å². The zero-order chi connectivity index (χ0) is 14.4. The Labute approximate surface area is 128 Å². The summed E-state index contributed by atoms with van der Waals surface area (Å²) >= 11 is 3.57. The van der Waals surface area contributed by atoms with Crippen LogP contribution in [0.2, 0.25) is 0 Å². The van der Waals surface area contributed by atoms with Crippen molar-refractivity contribution in [2.45, 2.75) is 33.0 Å². The molecule has 0 atom stereocenters. The fourth-order valence-electron chi connectivity index (χ4n) is 1.74. The zero-order valence-corrected chi connectivity index (χ0v) is 13.4. The van der Waals surface area contributed by atoms with Crippen LogP contribution < -0.4 is 10.1 Å². The average Bonchev–Trinajstić information content (AvgIpc) is 2.46. The highest BCUT2D eigenvalue weighted by Crippen LogP contribution is 2.23. The number of rotatable bonds is 6. The molecule has 1 N–H and O–H groups in total. The fourth-order valence-corrected chi connectivity index (χ4v) is 2.12. The quantitative estimate of drug-likeness (QED) is 0.869. The third kappa shape index (κ3) is 4.62. The molecule has 2 aromatic rings. The second-order valence-corrected chi connectivity index (χ2v) is 5.79. The highest BCUT2D eigenvalue weighted by molar-refractivity contribution is 9.10. The first-order chi connectivity index (χ1) is 9.65. The van der Waals surface area contributed by atoms with Gasteiger partial charge in [-0.3, -0.25) is 4.98 Å². The van der Waals surface area contributed by atoms with Gasteiger partial charge in [0.2, 0.25) is 0 Å². The second kappa shape index (κ2) is 7.41. The van der Waals surface area contributed by atoms with E-state index in [1.807, 2.05) is 24.3 Å². The van der Waals surface area contributed by atoms with Crippen LogP contribution in [0.1, 0.15) is 25.0 Å². The largest absolute Gasteiger partial charge is 0.489 e. The summed E-state index contributed by atoms with van der Waals surface area (Å²) in [5.74, 6) is 0.880. The molecule has 0 unspecified atom stereocenters. The Morgan fingerprint density at radius 2 is 1.95 bits per heavy atom. The molecule has 20 heavy (non-hydrogen) atoms. The van der Waals surface area contributed by atoms with Gasteiger partial charge < -0.3 is 10.1 Å². The van der Waals surface area contributed by atoms with E-state index in [-0.39, 0.29) is 0 Å². The lowest BCUT2D eigenvalue weighted by molar-refractivity contribution is 0.305. The van der Waals surface area contributed by atoms with Crippen molar-refractivity contribution in [1.29, 1.82) is 0 Å². The van der Waals surface area contributed by atoms with Crippen molar-refractivity contribution >= 4 is 15.9 Å². The van der Waals surface area contributed by atoms with Crippen molar-refractivity contribution in [3.8, 4) is 5.75 Å². The van der Waals surface area contributed by atoms with Gasteiger partial charge in [0, 0.05) is 29.5 Å². The van der Waals surface area contributed by atoms with Crippen molar-refractivity contribution in [3.05, 3.63) is 58.3 Å². The molecule has 0 saturated carbocycles. The van der Waals surface area contributed by atoms with Crippen LogP contribution in [0.3, 0.4) is 0 Å². The molecule has 4 heteroatoms. The molecule has 0 amide bonds. The van der Waals surface area contributed by atoms with Crippen LogP contribution in [0.5, 0.6) is 5.75 Å². The Bertz CT molecular complexity index is 543. The van der Waals surface area contributed by atoms with Crippen LogP contribution >= 0.6 is 15.9 Å². The maximum Gasteiger partial charge on any atom is 0.120 e. The maximum absolute atomic E-state index is 5.82. The number of benzene rings is 1. The summed E-state index contributed by atoms with van der Waals surface area (Å²) in [6.45, 7) is 5.65. The second-order valence-electron chi connectivity index (χ2n) is 4.93. The normalized spacial score (nSPS) is 10.8. The van der Waals surface area contributed by atoms with Gasteiger partial charge in [0.05, 0.1) is 0 Å². The lowest BCUT2D eigenvalue weighted by atomic mass is 10.2. The zero-order valence-electron chi connectivity index (χ0n) is 11.8. The summed E-state index contributed by atoms with van der Waals surface area (Å²) in [6.07, 6.45) is 3.55. The van der Waals surface area contributed by atoms with E-state index in [4.69, 9.17) is 4.74 Å². The van der Waals surface area contributed by atoms with Crippen molar-refractivity contribution < 1.29 is 4.74 Å². The van der Waals surface area contributed by atoms with E-state index in [1.165, 1.54) is 5.56 Å². The highest BCUT2D eigenvalue weighted by atomic mass is 79.9. The first-order valence-electron chi connectivity index (χ1n) is 6.68. The Morgan fingerprint density at radius 3 is 2.65 bits per heavy atom. The monoisotopic (exact) mass is 334 g/mol. The molecule has 0 saturated heterocycles. The third-order valence-electron chi connectivity index (χ3n) is 2.87. The lowest BCUT2D eigenvalue weighted by Gasteiger charge is -2.12. The number of pyridine rings is 1. The van der Waals surface area contributed by atoms with E-state index in [9.17, 15) is 0 Å². The Hall–Kier alpha value is -1.39. The van der Waals surface area contributed by atoms with Crippen LogP contribution in [0.15, 0.2) is 47.2 Å². The summed E-state index contributed by atoms with van der Waals surface area (Å²) in [4.78, 5) is 4.00. The minimum absolute atomic E-state index is 0.461. The van der Waals surface area contributed by atoms with Crippen molar-refractivity contribution in [1.82, 2.24) is 10.3 Å². The molecule has 3 nitrogen and oxygen atoms in total. The molecule has 0 aliphatic rings. The number of hydrogen-bond donors (Lipinski definition) is 1. The number of hydrogen-bond acceptors (Lipinski definition) is 3. The molecule has 1 heterocycles. The molecule has 1 aromatic heterocycles. The molecule has 0 aliphatic heterocycles. The Morgan fingerprint density at radius 1 is 1.20 bits per heavy atom. The molecule has 0 spiro atoms. The van der Waals surface area contributed by atoms with Gasteiger partial charge in [-0.2, -0.15) is 0 Å². The Balaban J connectivity index is 2.00. The van der Waals surface area contributed by atoms with E-state index in [1.54, 1.807) is 12.4 Å². The van der Waals surface area contributed by atoms with Crippen LogP contribution in [-0.4, -0.2) is 11.0 Å². The smallest absolute Gasteiger partial charge is 0.120 e. The van der Waals surface area contributed by atoms with Gasteiger partial charge in [-0.05, 0) is 41.5 Å². The van der Waals surface area contributed by atoms with Crippen molar-refractivity contribution in [2.24, 2.45) is 0 Å². The molecule has 0 bridgehead atoms. The molecular formula is C16H19BrN2O. The van der Waals surface area contributed by atoms with Gasteiger partial charge in [-0.15, -0.1) is 0 Å². The standard InChI is InChI=1S/C16H19BrN2O/c1-12(2)19-10-14-9-15(3-4-16(14)17)20-11-13-5-7-18-8-6-13/h3-9,12,19H,10-11H2,1-2H3. The molecule has 0 aliphatic carbocycles. The highest BCUT2D eigenvalue weighted by Gasteiger charge is 2.04. The number of halogens is 1. The third-order valence-corrected chi connectivity index (χ3v) is 3.65. The molecule has 106 valence electrons. The molecule has 2 rings (SSSR count). The fraction of sp³-hybridized carbons (Fsp3) is 0.312. The van der Waals surface area contributed by atoms with Gasteiger partial charge >= 0.3 is 0 Å². The summed E-state index contributed by atoms with van der Waals surface area (Å²) in [5, 5.41) is 3.41. The first kappa shape index (κ1) is 15.0. The number of aromatic nitrogens is 1. The average molecular weight is 335 g/mol. The molecule has 0 radical (unpaired) electrons. The van der Waals surface area contributed by atoms with Gasteiger partial charge in [0.15, 0.2) is 0 Å². The van der Waals surface area contributed by atoms with E-state index in [0.29, 0.717) is 12.6 Å². The van der Waals surface area contributed by atoms with Crippen LogP contribution in [0.25, 0.3) is 0 Å². The van der Waals surface area contributed by atoms with Crippen molar-refractivity contribution in [3.63, 3.8) is 0 Å². The van der Waals surface area contributed by atoms with E-state index < -0.39 is 0 Å². The Kier molecular flexibility index (Phi) is 5.56. The predicted molar refractivity (Wildman–Crippen MR) is 84.7 cm³/mol. The van der Waals surface area contributed by atoms with Gasteiger partial charge in [-0.1, -0.05) is 29.8 Å². The summed E-state index contributed by atoms with van der Waals surface area (Å²) in [7, 11) is 0. The number of nitrogens with zero attached hydrogens (tertiary/aromatic N) is 1. The minimum Gasteiger partial charge on any atom is -0.489 e. The van der Waals surface area contributed by atoms with E-state index in [0.717, 1.165) is 22.3 Å². The lowest BCUT2D eigenvalue weighted by Crippen LogP contribution is -2.22. The van der Waals surface area contributed by atoms with Crippen LogP contribution in [-0.2, 0) is 13.2 Å². The van der Waals surface area contributed by atoms with Gasteiger partial charge in [0.25, 0.3) is 0 Å². The first-order valence-corrected chi connectivity index (χ1v) is 7.48. The van der Waals surface area contributed by atoms with Crippen LogP contribution in [0, 0.1) is 0 Å². The summed E-state index contributed by atoms with van der Waals surface area (Å²) in [5.41, 5.74) is 2.32. The SMILES string of the molecule is CC(C)NCc1cc(OCc2ccncc2)ccc1Br. The summed E-state index contributed by atoms with van der Waals surface area (Å²) in [6, 6.07) is 10.5. The minimum atomic E-state index is 0.461. The van der Waals surface area contributed by atoms with Gasteiger partial charge in [0.1, 0.15) is 12.4 Å². The van der Waals surface area contributed by atoms with Crippen LogP contribution in [0.4, 0.5) is 0 Å². The number of ether oxygens (including phenoxy) is 1. The summed E-state index contributed by atoms with van der Waals surface area (Å²) < 4.78 is 6.92. The van der Waals surface area contributed by atoms with E-state index >= 15 is 0 Å². The molecule has 1 aromatic carbocycles.